The van der Waals surface area contributed by atoms with Crippen LogP contribution in [0.3, 0.4) is 0 Å². The summed E-state index contributed by atoms with van der Waals surface area (Å²) in [6, 6.07) is 11.0. The third-order valence-electron chi connectivity index (χ3n) is 3.69. The Balaban J connectivity index is 1.79. The lowest BCUT2D eigenvalue weighted by Gasteiger charge is -2.23. The molecule has 0 saturated heterocycles. The minimum atomic E-state index is 0.348. The van der Waals surface area contributed by atoms with Crippen molar-refractivity contribution in [3.05, 3.63) is 53.9 Å². The zero-order valence-electron chi connectivity index (χ0n) is 12.0. The van der Waals surface area contributed by atoms with Gasteiger partial charge >= 0.3 is 0 Å². The molecule has 2 heterocycles. The highest BCUT2D eigenvalue weighted by molar-refractivity contribution is 5.83. The van der Waals surface area contributed by atoms with E-state index in [4.69, 9.17) is 0 Å². The highest BCUT2D eigenvalue weighted by Gasteiger charge is 2.26. The van der Waals surface area contributed by atoms with Gasteiger partial charge in [0, 0.05) is 30.4 Å². The third kappa shape index (κ3) is 2.59. The number of aryl methyl sites for hydroxylation is 1. The van der Waals surface area contributed by atoms with E-state index in [0.717, 1.165) is 19.5 Å². The molecule has 0 unspecified atom stereocenters. The largest absolute Gasteiger partial charge is 0.285 e. The van der Waals surface area contributed by atoms with E-state index in [0.29, 0.717) is 6.04 Å². The standard InChI is InChI=1S/C16H20N4/c1-3-19-11-14(10-17-19)12-20-16(9-13(2)18-20)15-7-5-4-6-8-15/h4-8,10-11,16H,3,9,12H2,1-2H3/t16-/m0/s1. The highest BCUT2D eigenvalue weighted by Crippen LogP contribution is 2.31. The van der Waals surface area contributed by atoms with Gasteiger partial charge < -0.3 is 0 Å². The maximum Gasteiger partial charge on any atom is 0.0776 e. The van der Waals surface area contributed by atoms with Gasteiger partial charge in [0.25, 0.3) is 0 Å². The van der Waals surface area contributed by atoms with Gasteiger partial charge in [0.2, 0.25) is 0 Å². The second-order valence-corrected chi connectivity index (χ2v) is 5.27. The second kappa shape index (κ2) is 5.49. The van der Waals surface area contributed by atoms with Gasteiger partial charge in [0.1, 0.15) is 0 Å². The monoisotopic (exact) mass is 268 g/mol. The zero-order valence-corrected chi connectivity index (χ0v) is 12.0. The van der Waals surface area contributed by atoms with Crippen molar-refractivity contribution in [1.82, 2.24) is 14.8 Å². The average molecular weight is 268 g/mol. The van der Waals surface area contributed by atoms with Crippen molar-refractivity contribution >= 4 is 5.71 Å². The molecule has 0 N–H and O–H groups in total. The second-order valence-electron chi connectivity index (χ2n) is 5.27. The maximum atomic E-state index is 4.69. The Hall–Kier alpha value is -2.10. The Labute approximate surface area is 119 Å². The van der Waals surface area contributed by atoms with E-state index in [1.807, 2.05) is 10.9 Å². The average Bonchev–Trinajstić information content (AvgIpc) is 3.07. The van der Waals surface area contributed by atoms with Crippen molar-refractivity contribution < 1.29 is 0 Å². The lowest BCUT2D eigenvalue weighted by atomic mass is 10.0. The van der Waals surface area contributed by atoms with E-state index < -0.39 is 0 Å². The van der Waals surface area contributed by atoms with Gasteiger partial charge in [-0.25, -0.2) is 0 Å². The van der Waals surface area contributed by atoms with Crippen LogP contribution in [0.2, 0.25) is 0 Å². The predicted octanol–water partition coefficient (Wildman–Crippen LogP) is 3.23. The Morgan fingerprint density at radius 1 is 1.25 bits per heavy atom. The Kier molecular flexibility index (Phi) is 3.54. The fourth-order valence-electron chi connectivity index (χ4n) is 2.67. The molecule has 4 heteroatoms. The summed E-state index contributed by atoms with van der Waals surface area (Å²) >= 11 is 0. The molecule has 2 aromatic rings. The first kappa shape index (κ1) is 12.9. The summed E-state index contributed by atoms with van der Waals surface area (Å²) in [6.45, 7) is 5.93. The van der Waals surface area contributed by atoms with Crippen LogP contribution in [0.1, 0.15) is 37.4 Å². The highest BCUT2D eigenvalue weighted by atomic mass is 15.5. The SMILES string of the molecule is CCn1cc(CN2N=C(C)C[C@H]2c2ccccc2)cn1. The molecule has 0 amide bonds. The van der Waals surface area contributed by atoms with Gasteiger partial charge in [-0.15, -0.1) is 0 Å². The summed E-state index contributed by atoms with van der Waals surface area (Å²) < 4.78 is 1.96. The molecule has 1 aliphatic rings. The first-order valence-corrected chi connectivity index (χ1v) is 7.13. The smallest absolute Gasteiger partial charge is 0.0776 e. The molecule has 1 aliphatic heterocycles. The molecule has 20 heavy (non-hydrogen) atoms. The van der Waals surface area contributed by atoms with Crippen LogP contribution < -0.4 is 0 Å². The molecule has 0 fully saturated rings. The first-order chi connectivity index (χ1) is 9.76. The topological polar surface area (TPSA) is 33.4 Å². The quantitative estimate of drug-likeness (QED) is 0.853. The van der Waals surface area contributed by atoms with Crippen molar-refractivity contribution in [3.63, 3.8) is 0 Å². The molecule has 0 radical (unpaired) electrons. The molecular formula is C16H20N4. The molecule has 1 aromatic heterocycles. The molecule has 0 spiro atoms. The fourth-order valence-corrected chi connectivity index (χ4v) is 2.67. The molecule has 0 bridgehead atoms. The minimum absolute atomic E-state index is 0.348. The number of hydrogen-bond donors (Lipinski definition) is 0. The maximum absolute atomic E-state index is 4.69. The van der Waals surface area contributed by atoms with Gasteiger partial charge in [-0.05, 0) is 19.4 Å². The van der Waals surface area contributed by atoms with Crippen LogP contribution in [-0.2, 0) is 13.1 Å². The number of rotatable bonds is 4. The van der Waals surface area contributed by atoms with E-state index in [2.05, 4.69) is 65.6 Å². The number of benzene rings is 1. The van der Waals surface area contributed by atoms with Crippen LogP contribution in [0, 0.1) is 0 Å². The molecule has 3 rings (SSSR count). The van der Waals surface area contributed by atoms with Crippen molar-refractivity contribution in [2.45, 2.75) is 39.4 Å². The lowest BCUT2D eigenvalue weighted by molar-refractivity contribution is 0.224. The van der Waals surface area contributed by atoms with E-state index in [9.17, 15) is 0 Å². The Bertz CT molecular complexity index is 600. The summed E-state index contributed by atoms with van der Waals surface area (Å²) in [5, 5.41) is 11.2. The molecule has 0 saturated carbocycles. The summed E-state index contributed by atoms with van der Waals surface area (Å²) in [5.74, 6) is 0. The van der Waals surface area contributed by atoms with Gasteiger partial charge in [-0.2, -0.15) is 10.2 Å². The van der Waals surface area contributed by atoms with Crippen molar-refractivity contribution in [2.75, 3.05) is 0 Å². The van der Waals surface area contributed by atoms with Crippen LogP contribution in [0.25, 0.3) is 0 Å². The van der Waals surface area contributed by atoms with Crippen molar-refractivity contribution in [3.8, 4) is 0 Å². The van der Waals surface area contributed by atoms with Crippen LogP contribution >= 0.6 is 0 Å². The Morgan fingerprint density at radius 3 is 2.75 bits per heavy atom. The van der Waals surface area contributed by atoms with E-state index >= 15 is 0 Å². The van der Waals surface area contributed by atoms with E-state index in [1.54, 1.807) is 0 Å². The van der Waals surface area contributed by atoms with E-state index in [-0.39, 0.29) is 0 Å². The summed E-state index contributed by atoms with van der Waals surface area (Å²) in [5.41, 5.74) is 3.74. The van der Waals surface area contributed by atoms with Gasteiger partial charge in [0.05, 0.1) is 18.8 Å². The normalized spacial score (nSPS) is 18.4. The minimum Gasteiger partial charge on any atom is -0.285 e. The predicted molar refractivity (Wildman–Crippen MR) is 80.4 cm³/mol. The van der Waals surface area contributed by atoms with Crippen LogP contribution in [0.4, 0.5) is 0 Å². The number of nitrogens with zero attached hydrogens (tertiary/aromatic N) is 4. The molecule has 1 atom stereocenters. The molecule has 1 aromatic carbocycles. The number of aromatic nitrogens is 2. The lowest BCUT2D eigenvalue weighted by Crippen LogP contribution is -2.18. The summed E-state index contributed by atoms with van der Waals surface area (Å²) in [4.78, 5) is 0. The molecular weight excluding hydrogens is 248 g/mol. The van der Waals surface area contributed by atoms with Gasteiger partial charge in [0.15, 0.2) is 0 Å². The van der Waals surface area contributed by atoms with Gasteiger partial charge in [-0.1, -0.05) is 30.3 Å². The van der Waals surface area contributed by atoms with E-state index in [1.165, 1.54) is 16.8 Å². The van der Waals surface area contributed by atoms with Gasteiger partial charge in [-0.3, -0.25) is 9.69 Å². The molecule has 0 aliphatic carbocycles. The number of hydrazone groups is 1. The Morgan fingerprint density at radius 2 is 2.05 bits per heavy atom. The molecule has 104 valence electrons. The summed E-state index contributed by atoms with van der Waals surface area (Å²) in [7, 11) is 0. The fraction of sp³-hybridized carbons (Fsp3) is 0.375. The van der Waals surface area contributed by atoms with Crippen molar-refractivity contribution in [1.29, 1.82) is 0 Å². The van der Waals surface area contributed by atoms with Crippen LogP contribution in [0.5, 0.6) is 0 Å². The summed E-state index contributed by atoms with van der Waals surface area (Å²) in [6.07, 6.45) is 5.05. The van der Waals surface area contributed by atoms with Crippen LogP contribution in [0.15, 0.2) is 47.8 Å². The van der Waals surface area contributed by atoms with Crippen molar-refractivity contribution in [2.24, 2.45) is 5.10 Å². The first-order valence-electron chi connectivity index (χ1n) is 7.13. The molecule has 4 nitrogen and oxygen atoms in total. The third-order valence-corrected chi connectivity index (χ3v) is 3.69. The zero-order chi connectivity index (χ0) is 13.9. The number of hydrogen-bond acceptors (Lipinski definition) is 3. The van der Waals surface area contributed by atoms with Crippen LogP contribution in [-0.4, -0.2) is 20.5 Å².